The number of aryl methyl sites for hydroxylation is 1. The molecular weight excluding hydrogens is 265 g/mol. The third-order valence-corrected chi connectivity index (χ3v) is 3.35. The molecule has 1 N–H and O–H groups in total. The molecule has 0 saturated carbocycles. The Labute approximate surface area is 116 Å². The first-order valence-electron chi connectivity index (χ1n) is 5.81. The molecule has 4 heteroatoms. The standard InChI is InChI=1S/C15H13ClFNO/c1-9-8-11(6-7-13(9)17)15(19)18-14-5-3-4-12(16)10(14)2/h3-8H,1-2H3,(H,18,19). The van der Waals surface area contributed by atoms with Crippen molar-refractivity contribution in [3.63, 3.8) is 0 Å². The second kappa shape index (κ2) is 5.41. The van der Waals surface area contributed by atoms with Crippen molar-refractivity contribution < 1.29 is 9.18 Å². The van der Waals surface area contributed by atoms with Crippen LogP contribution in [0.1, 0.15) is 21.5 Å². The summed E-state index contributed by atoms with van der Waals surface area (Å²) in [6.45, 7) is 3.45. The number of carbonyl (C=O) groups is 1. The molecule has 2 nitrogen and oxygen atoms in total. The molecule has 2 aromatic rings. The Bertz CT molecular complexity index is 640. The van der Waals surface area contributed by atoms with E-state index in [1.807, 2.05) is 6.92 Å². The van der Waals surface area contributed by atoms with Crippen molar-refractivity contribution in [1.82, 2.24) is 0 Å². The maximum atomic E-state index is 13.2. The monoisotopic (exact) mass is 277 g/mol. The summed E-state index contributed by atoms with van der Waals surface area (Å²) in [4.78, 5) is 12.1. The fraction of sp³-hybridized carbons (Fsp3) is 0.133. The van der Waals surface area contributed by atoms with Crippen LogP contribution in [0.15, 0.2) is 36.4 Å². The summed E-state index contributed by atoms with van der Waals surface area (Å²) in [5.74, 6) is -0.607. The molecule has 2 rings (SSSR count). The minimum Gasteiger partial charge on any atom is -0.322 e. The van der Waals surface area contributed by atoms with Crippen LogP contribution < -0.4 is 5.32 Å². The molecule has 1 amide bonds. The lowest BCUT2D eigenvalue weighted by Gasteiger charge is -2.10. The van der Waals surface area contributed by atoms with Gasteiger partial charge in [0.05, 0.1) is 0 Å². The molecule has 0 aliphatic heterocycles. The van der Waals surface area contributed by atoms with Gasteiger partial charge in [0.1, 0.15) is 5.82 Å². The highest BCUT2D eigenvalue weighted by atomic mass is 35.5. The van der Waals surface area contributed by atoms with E-state index >= 15 is 0 Å². The first-order chi connectivity index (χ1) is 8.99. The van der Waals surface area contributed by atoms with Crippen molar-refractivity contribution in [2.24, 2.45) is 0 Å². The van der Waals surface area contributed by atoms with Crippen LogP contribution in [-0.2, 0) is 0 Å². The number of rotatable bonds is 2. The zero-order chi connectivity index (χ0) is 14.0. The third kappa shape index (κ3) is 2.93. The Morgan fingerprint density at radius 3 is 2.63 bits per heavy atom. The van der Waals surface area contributed by atoms with E-state index in [0.717, 1.165) is 5.56 Å². The molecule has 0 aliphatic rings. The minimum absolute atomic E-state index is 0.284. The number of hydrogen-bond acceptors (Lipinski definition) is 1. The van der Waals surface area contributed by atoms with Gasteiger partial charge in [0.25, 0.3) is 5.91 Å². The average molecular weight is 278 g/mol. The van der Waals surface area contributed by atoms with Gasteiger partial charge in [0, 0.05) is 16.3 Å². The Hall–Kier alpha value is -1.87. The van der Waals surface area contributed by atoms with E-state index in [4.69, 9.17) is 11.6 Å². The molecule has 98 valence electrons. The van der Waals surface area contributed by atoms with Crippen molar-refractivity contribution in [3.8, 4) is 0 Å². The summed E-state index contributed by atoms with van der Waals surface area (Å²) in [5.41, 5.74) is 2.31. The van der Waals surface area contributed by atoms with Gasteiger partial charge < -0.3 is 5.32 Å². The maximum Gasteiger partial charge on any atom is 0.255 e. The van der Waals surface area contributed by atoms with Crippen molar-refractivity contribution in [3.05, 3.63) is 63.9 Å². The molecule has 0 spiro atoms. The predicted octanol–water partition coefficient (Wildman–Crippen LogP) is 4.35. The molecule has 0 atom stereocenters. The molecule has 0 aliphatic carbocycles. The lowest BCUT2D eigenvalue weighted by Crippen LogP contribution is -2.13. The van der Waals surface area contributed by atoms with Crippen LogP contribution in [0.2, 0.25) is 5.02 Å². The number of benzene rings is 2. The lowest BCUT2D eigenvalue weighted by molar-refractivity contribution is 0.102. The summed E-state index contributed by atoms with van der Waals surface area (Å²) >= 11 is 5.99. The smallest absolute Gasteiger partial charge is 0.255 e. The fourth-order valence-electron chi connectivity index (χ4n) is 1.72. The Morgan fingerprint density at radius 2 is 1.95 bits per heavy atom. The van der Waals surface area contributed by atoms with Crippen molar-refractivity contribution in [2.45, 2.75) is 13.8 Å². The minimum atomic E-state index is -0.324. The summed E-state index contributed by atoms with van der Waals surface area (Å²) in [7, 11) is 0. The van der Waals surface area contributed by atoms with E-state index in [0.29, 0.717) is 21.8 Å². The largest absolute Gasteiger partial charge is 0.322 e. The van der Waals surface area contributed by atoms with Crippen LogP contribution in [-0.4, -0.2) is 5.91 Å². The van der Waals surface area contributed by atoms with E-state index in [-0.39, 0.29) is 11.7 Å². The molecule has 19 heavy (non-hydrogen) atoms. The van der Waals surface area contributed by atoms with Gasteiger partial charge in [-0.1, -0.05) is 17.7 Å². The van der Waals surface area contributed by atoms with Gasteiger partial charge in [-0.3, -0.25) is 4.79 Å². The molecule has 0 bridgehead atoms. The normalized spacial score (nSPS) is 10.3. The maximum absolute atomic E-state index is 13.2. The Morgan fingerprint density at radius 1 is 1.21 bits per heavy atom. The number of halogens is 2. The second-order valence-electron chi connectivity index (χ2n) is 4.33. The van der Waals surface area contributed by atoms with Crippen LogP contribution >= 0.6 is 11.6 Å². The van der Waals surface area contributed by atoms with E-state index in [2.05, 4.69) is 5.32 Å². The zero-order valence-corrected chi connectivity index (χ0v) is 11.4. The highest BCUT2D eigenvalue weighted by Gasteiger charge is 2.10. The van der Waals surface area contributed by atoms with Gasteiger partial charge in [-0.15, -0.1) is 0 Å². The topological polar surface area (TPSA) is 29.1 Å². The van der Waals surface area contributed by atoms with Gasteiger partial charge in [0.15, 0.2) is 0 Å². The molecule has 0 heterocycles. The summed E-state index contributed by atoms with van der Waals surface area (Å²) in [5, 5.41) is 3.36. The fourth-order valence-corrected chi connectivity index (χ4v) is 1.90. The van der Waals surface area contributed by atoms with Crippen LogP contribution in [0, 0.1) is 19.7 Å². The quantitative estimate of drug-likeness (QED) is 0.869. The number of anilines is 1. The lowest BCUT2D eigenvalue weighted by atomic mass is 10.1. The summed E-state index contributed by atoms with van der Waals surface area (Å²) < 4.78 is 13.2. The van der Waals surface area contributed by atoms with E-state index in [1.165, 1.54) is 18.2 Å². The van der Waals surface area contributed by atoms with Gasteiger partial charge >= 0.3 is 0 Å². The second-order valence-corrected chi connectivity index (χ2v) is 4.74. The third-order valence-electron chi connectivity index (χ3n) is 2.94. The van der Waals surface area contributed by atoms with E-state index < -0.39 is 0 Å². The number of nitrogens with one attached hydrogen (secondary N) is 1. The molecule has 0 aromatic heterocycles. The Kier molecular flexibility index (Phi) is 3.86. The van der Waals surface area contributed by atoms with Crippen LogP contribution in [0.25, 0.3) is 0 Å². The highest BCUT2D eigenvalue weighted by Crippen LogP contribution is 2.23. The van der Waals surface area contributed by atoms with Gasteiger partial charge in [0.2, 0.25) is 0 Å². The van der Waals surface area contributed by atoms with Crippen LogP contribution in [0.3, 0.4) is 0 Å². The van der Waals surface area contributed by atoms with Crippen LogP contribution in [0.5, 0.6) is 0 Å². The highest BCUT2D eigenvalue weighted by molar-refractivity contribution is 6.31. The van der Waals surface area contributed by atoms with Crippen molar-refractivity contribution >= 4 is 23.2 Å². The van der Waals surface area contributed by atoms with E-state index in [1.54, 1.807) is 25.1 Å². The number of hydrogen-bond donors (Lipinski definition) is 1. The van der Waals surface area contributed by atoms with Crippen molar-refractivity contribution in [2.75, 3.05) is 5.32 Å². The van der Waals surface area contributed by atoms with Gasteiger partial charge in [-0.2, -0.15) is 0 Å². The molecule has 0 saturated heterocycles. The number of carbonyl (C=O) groups excluding carboxylic acids is 1. The first-order valence-corrected chi connectivity index (χ1v) is 6.19. The van der Waals surface area contributed by atoms with Crippen molar-refractivity contribution in [1.29, 1.82) is 0 Å². The number of amides is 1. The van der Waals surface area contributed by atoms with Crippen LogP contribution in [0.4, 0.5) is 10.1 Å². The molecule has 0 radical (unpaired) electrons. The summed E-state index contributed by atoms with van der Waals surface area (Å²) in [6, 6.07) is 9.56. The Balaban J connectivity index is 2.26. The average Bonchev–Trinajstić information content (AvgIpc) is 2.38. The molecule has 2 aromatic carbocycles. The molecular formula is C15H13ClFNO. The van der Waals surface area contributed by atoms with E-state index in [9.17, 15) is 9.18 Å². The molecule has 0 unspecified atom stereocenters. The van der Waals surface area contributed by atoms with Gasteiger partial charge in [-0.25, -0.2) is 4.39 Å². The van der Waals surface area contributed by atoms with Gasteiger partial charge in [-0.05, 0) is 55.3 Å². The molecule has 0 fully saturated rings. The SMILES string of the molecule is Cc1cc(C(=O)Nc2cccc(Cl)c2C)ccc1F. The predicted molar refractivity (Wildman–Crippen MR) is 75.3 cm³/mol. The first kappa shape index (κ1) is 13.6. The zero-order valence-electron chi connectivity index (χ0n) is 10.6. The summed E-state index contributed by atoms with van der Waals surface area (Å²) in [6.07, 6.45) is 0.